The molecular weight excluding hydrogens is 282 g/mol. The van der Waals surface area contributed by atoms with Crippen molar-refractivity contribution in [3.8, 4) is 0 Å². The highest BCUT2D eigenvalue weighted by Crippen LogP contribution is 2.17. The first-order chi connectivity index (χ1) is 9.13. The second-order valence-corrected chi connectivity index (χ2v) is 5.96. The van der Waals surface area contributed by atoms with Crippen LogP contribution in [0.15, 0.2) is 17.5 Å². The van der Waals surface area contributed by atoms with Gasteiger partial charge < -0.3 is 9.64 Å². The van der Waals surface area contributed by atoms with Gasteiger partial charge in [-0.25, -0.2) is 0 Å². The lowest BCUT2D eigenvalue weighted by Crippen LogP contribution is -2.30. The summed E-state index contributed by atoms with van der Waals surface area (Å²) in [5.41, 5.74) is 0. The molecule has 0 aromatic carbocycles. The summed E-state index contributed by atoms with van der Waals surface area (Å²) < 4.78 is 4.82. The predicted molar refractivity (Wildman–Crippen MR) is 79.4 cm³/mol. The Morgan fingerprint density at radius 2 is 2.26 bits per heavy atom. The fraction of sp³-hybridized carbons (Fsp3) is 0.538. The highest BCUT2D eigenvalue weighted by atomic mass is 32.2. The summed E-state index contributed by atoms with van der Waals surface area (Å²) in [6, 6.07) is 4.07. The summed E-state index contributed by atoms with van der Waals surface area (Å²) in [7, 11) is 1.72. The molecule has 0 saturated carbocycles. The van der Waals surface area contributed by atoms with E-state index < -0.39 is 0 Å². The van der Waals surface area contributed by atoms with Crippen molar-refractivity contribution in [3.05, 3.63) is 22.4 Å². The number of hydrogen-bond acceptors (Lipinski definition) is 5. The standard InChI is InChI=1S/C13H19NO3S2/c1-3-17-13(16)6-7-14(2)12(15)10-18-9-11-5-4-8-19-11/h4-5,8H,3,6-7,9-10H2,1-2H3. The van der Waals surface area contributed by atoms with Crippen LogP contribution in [0, 0.1) is 0 Å². The van der Waals surface area contributed by atoms with E-state index in [-0.39, 0.29) is 18.3 Å². The molecule has 6 heteroatoms. The molecular formula is C13H19NO3S2. The molecule has 1 rings (SSSR count). The molecule has 106 valence electrons. The highest BCUT2D eigenvalue weighted by molar-refractivity contribution is 7.99. The minimum Gasteiger partial charge on any atom is -0.466 e. The van der Waals surface area contributed by atoms with E-state index in [1.165, 1.54) is 4.88 Å². The third kappa shape index (κ3) is 6.63. The number of esters is 1. The Bertz CT molecular complexity index is 393. The van der Waals surface area contributed by atoms with Crippen LogP contribution < -0.4 is 0 Å². The van der Waals surface area contributed by atoms with Crippen LogP contribution in [0.2, 0.25) is 0 Å². The van der Waals surface area contributed by atoms with Gasteiger partial charge >= 0.3 is 5.97 Å². The van der Waals surface area contributed by atoms with Crippen LogP contribution in [0.1, 0.15) is 18.2 Å². The normalized spacial score (nSPS) is 10.2. The number of hydrogen-bond donors (Lipinski definition) is 0. The maximum Gasteiger partial charge on any atom is 0.307 e. The molecule has 1 heterocycles. The van der Waals surface area contributed by atoms with Gasteiger partial charge in [-0.05, 0) is 18.4 Å². The summed E-state index contributed by atoms with van der Waals surface area (Å²) in [4.78, 5) is 25.8. The summed E-state index contributed by atoms with van der Waals surface area (Å²) >= 11 is 3.29. The van der Waals surface area contributed by atoms with Gasteiger partial charge in [-0.15, -0.1) is 23.1 Å². The molecule has 0 aliphatic rings. The van der Waals surface area contributed by atoms with E-state index in [2.05, 4.69) is 6.07 Å². The summed E-state index contributed by atoms with van der Waals surface area (Å²) in [6.45, 7) is 2.57. The molecule has 0 aliphatic carbocycles. The van der Waals surface area contributed by atoms with Gasteiger partial charge in [0.15, 0.2) is 0 Å². The van der Waals surface area contributed by atoms with Gasteiger partial charge in [-0.2, -0.15) is 0 Å². The van der Waals surface area contributed by atoms with E-state index in [1.807, 2.05) is 11.4 Å². The van der Waals surface area contributed by atoms with Crippen molar-refractivity contribution < 1.29 is 14.3 Å². The van der Waals surface area contributed by atoms with Gasteiger partial charge in [0.25, 0.3) is 0 Å². The molecule has 0 N–H and O–H groups in total. The lowest BCUT2D eigenvalue weighted by molar-refractivity contribution is -0.143. The van der Waals surface area contributed by atoms with Crippen molar-refractivity contribution in [2.75, 3.05) is 26.0 Å². The first-order valence-electron chi connectivity index (χ1n) is 6.13. The van der Waals surface area contributed by atoms with Gasteiger partial charge in [-0.1, -0.05) is 6.07 Å². The van der Waals surface area contributed by atoms with E-state index in [4.69, 9.17) is 4.74 Å². The minimum absolute atomic E-state index is 0.0471. The van der Waals surface area contributed by atoms with Crippen LogP contribution >= 0.6 is 23.1 Å². The highest BCUT2D eigenvalue weighted by Gasteiger charge is 2.11. The Morgan fingerprint density at radius 3 is 2.89 bits per heavy atom. The molecule has 0 unspecified atom stereocenters. The monoisotopic (exact) mass is 301 g/mol. The number of rotatable bonds is 8. The van der Waals surface area contributed by atoms with Gasteiger partial charge in [-0.3, -0.25) is 9.59 Å². The van der Waals surface area contributed by atoms with Crippen LogP contribution in [0.4, 0.5) is 0 Å². The number of ether oxygens (including phenoxy) is 1. The first-order valence-corrected chi connectivity index (χ1v) is 8.16. The average Bonchev–Trinajstić information content (AvgIpc) is 2.89. The molecule has 0 aliphatic heterocycles. The Balaban J connectivity index is 2.15. The van der Waals surface area contributed by atoms with E-state index in [0.29, 0.717) is 18.9 Å². The molecule has 0 fully saturated rings. The zero-order chi connectivity index (χ0) is 14.1. The van der Waals surface area contributed by atoms with Crippen LogP contribution in [-0.2, 0) is 20.1 Å². The fourth-order valence-corrected chi connectivity index (χ4v) is 3.17. The van der Waals surface area contributed by atoms with Crippen molar-refractivity contribution in [1.82, 2.24) is 4.90 Å². The lowest BCUT2D eigenvalue weighted by Gasteiger charge is -2.16. The Kier molecular flexibility index (Phi) is 7.59. The molecule has 1 aromatic rings. The van der Waals surface area contributed by atoms with E-state index >= 15 is 0 Å². The molecule has 0 saturated heterocycles. The van der Waals surface area contributed by atoms with Crippen molar-refractivity contribution in [1.29, 1.82) is 0 Å². The number of nitrogens with zero attached hydrogens (tertiary/aromatic N) is 1. The SMILES string of the molecule is CCOC(=O)CCN(C)C(=O)CSCc1cccs1. The van der Waals surface area contributed by atoms with Gasteiger partial charge in [0, 0.05) is 24.2 Å². The van der Waals surface area contributed by atoms with E-state index in [0.717, 1.165) is 5.75 Å². The topological polar surface area (TPSA) is 46.6 Å². The fourth-order valence-electron chi connectivity index (χ4n) is 1.36. The number of thiophene rings is 1. The van der Waals surface area contributed by atoms with Gasteiger partial charge in [0.05, 0.1) is 18.8 Å². The smallest absolute Gasteiger partial charge is 0.307 e. The first kappa shape index (κ1) is 16.0. The molecule has 0 spiro atoms. The molecule has 1 aromatic heterocycles. The van der Waals surface area contributed by atoms with Crippen LogP contribution in [0.3, 0.4) is 0 Å². The maximum absolute atomic E-state index is 11.8. The van der Waals surface area contributed by atoms with Crippen molar-refractivity contribution >= 4 is 35.0 Å². The Hall–Kier alpha value is -1.01. The molecule has 0 atom stereocenters. The predicted octanol–water partition coefficient (Wildman–Crippen LogP) is 2.39. The average molecular weight is 301 g/mol. The minimum atomic E-state index is -0.256. The number of amides is 1. The van der Waals surface area contributed by atoms with E-state index in [1.54, 1.807) is 42.0 Å². The molecule has 1 amide bonds. The van der Waals surface area contributed by atoms with Crippen molar-refractivity contribution in [3.63, 3.8) is 0 Å². The molecule has 0 bridgehead atoms. The van der Waals surface area contributed by atoms with Crippen LogP contribution in [-0.4, -0.2) is 42.7 Å². The number of thioether (sulfide) groups is 1. The molecule has 19 heavy (non-hydrogen) atoms. The summed E-state index contributed by atoms with van der Waals surface area (Å²) in [5, 5.41) is 2.03. The van der Waals surface area contributed by atoms with Gasteiger partial charge in [0.2, 0.25) is 5.91 Å². The van der Waals surface area contributed by atoms with Crippen LogP contribution in [0.5, 0.6) is 0 Å². The third-order valence-electron chi connectivity index (χ3n) is 2.43. The quantitative estimate of drug-likeness (QED) is 0.692. The number of carbonyl (C=O) groups is 2. The van der Waals surface area contributed by atoms with Crippen molar-refractivity contribution in [2.45, 2.75) is 19.1 Å². The third-order valence-corrected chi connectivity index (χ3v) is 4.46. The Labute approximate surface area is 122 Å². The van der Waals surface area contributed by atoms with Crippen LogP contribution in [0.25, 0.3) is 0 Å². The van der Waals surface area contributed by atoms with Gasteiger partial charge in [0.1, 0.15) is 0 Å². The lowest BCUT2D eigenvalue weighted by atomic mass is 10.4. The van der Waals surface area contributed by atoms with E-state index in [9.17, 15) is 9.59 Å². The number of carbonyl (C=O) groups excluding carboxylic acids is 2. The zero-order valence-electron chi connectivity index (χ0n) is 11.3. The largest absolute Gasteiger partial charge is 0.466 e. The van der Waals surface area contributed by atoms with Crippen molar-refractivity contribution in [2.24, 2.45) is 0 Å². The summed E-state index contributed by atoms with van der Waals surface area (Å²) in [6.07, 6.45) is 0.256. The second-order valence-electron chi connectivity index (χ2n) is 3.94. The zero-order valence-corrected chi connectivity index (χ0v) is 12.9. The summed E-state index contributed by atoms with van der Waals surface area (Å²) in [5.74, 6) is 1.09. The molecule has 0 radical (unpaired) electrons. The second kappa shape index (κ2) is 8.98. The maximum atomic E-state index is 11.8. The Morgan fingerprint density at radius 1 is 1.47 bits per heavy atom. The molecule has 4 nitrogen and oxygen atoms in total.